The van der Waals surface area contributed by atoms with Crippen LogP contribution in [0.4, 0.5) is 0 Å². The molecule has 0 heterocycles. The number of hydrogen-bond donors (Lipinski definition) is 1. The van der Waals surface area contributed by atoms with Crippen LogP contribution >= 0.6 is 23.2 Å². The Balaban J connectivity index is 1.98. The molecule has 0 radical (unpaired) electrons. The van der Waals surface area contributed by atoms with E-state index in [0.29, 0.717) is 17.1 Å². The Morgan fingerprint density at radius 3 is 2.73 bits per heavy atom. The number of rotatable bonds is 4. The summed E-state index contributed by atoms with van der Waals surface area (Å²) in [4.78, 5) is 0. The van der Waals surface area contributed by atoms with Crippen LogP contribution in [0, 0.1) is 5.92 Å². The highest BCUT2D eigenvalue weighted by molar-refractivity contribution is 6.35. The van der Waals surface area contributed by atoms with Gasteiger partial charge in [-0.3, -0.25) is 0 Å². The van der Waals surface area contributed by atoms with Crippen LogP contribution in [0.2, 0.25) is 10.0 Å². The van der Waals surface area contributed by atoms with Gasteiger partial charge in [0.05, 0.1) is 6.54 Å². The van der Waals surface area contributed by atoms with Gasteiger partial charge in [0.25, 0.3) is 0 Å². The molecule has 0 bridgehead atoms. The monoisotopic (exact) mass is 245 g/mol. The van der Waals surface area contributed by atoms with Crippen molar-refractivity contribution in [3.63, 3.8) is 0 Å². The van der Waals surface area contributed by atoms with Gasteiger partial charge in [-0.1, -0.05) is 29.0 Å². The SMILES string of the molecule is [O-]c1c(Cl)cc(Cl)cc1C[NH2+]CC1CC1. The highest BCUT2D eigenvalue weighted by Crippen LogP contribution is 2.29. The average molecular weight is 246 g/mol. The van der Waals surface area contributed by atoms with Crippen LogP contribution in [0.5, 0.6) is 5.75 Å². The first-order valence-electron chi connectivity index (χ1n) is 5.13. The van der Waals surface area contributed by atoms with Gasteiger partial charge in [0.1, 0.15) is 6.54 Å². The smallest absolute Gasteiger partial charge is 0.101 e. The Morgan fingerprint density at radius 1 is 1.33 bits per heavy atom. The summed E-state index contributed by atoms with van der Waals surface area (Å²) in [5, 5.41) is 14.5. The first-order chi connectivity index (χ1) is 7.16. The maximum Gasteiger partial charge on any atom is 0.101 e. The van der Waals surface area contributed by atoms with E-state index in [0.717, 1.165) is 12.5 Å². The minimum atomic E-state index is -0.0897. The zero-order valence-electron chi connectivity index (χ0n) is 8.30. The second-order valence-electron chi connectivity index (χ2n) is 4.05. The Morgan fingerprint density at radius 2 is 2.07 bits per heavy atom. The van der Waals surface area contributed by atoms with E-state index in [1.807, 2.05) is 0 Å². The molecule has 1 aromatic carbocycles. The molecule has 0 spiro atoms. The molecule has 0 unspecified atom stereocenters. The van der Waals surface area contributed by atoms with Crippen molar-refractivity contribution in [2.45, 2.75) is 19.4 Å². The Kier molecular flexibility index (Phi) is 3.39. The topological polar surface area (TPSA) is 39.7 Å². The van der Waals surface area contributed by atoms with Crippen LogP contribution in [0.15, 0.2) is 12.1 Å². The van der Waals surface area contributed by atoms with E-state index < -0.39 is 0 Å². The van der Waals surface area contributed by atoms with Crippen molar-refractivity contribution in [3.05, 3.63) is 27.7 Å². The molecule has 0 amide bonds. The number of quaternary nitrogens is 1. The number of halogens is 2. The quantitative estimate of drug-likeness (QED) is 0.860. The lowest BCUT2D eigenvalue weighted by atomic mass is 10.2. The number of hydrogen-bond acceptors (Lipinski definition) is 1. The molecule has 1 aromatic rings. The molecule has 0 atom stereocenters. The summed E-state index contributed by atoms with van der Waals surface area (Å²) in [7, 11) is 0. The van der Waals surface area contributed by atoms with E-state index >= 15 is 0 Å². The second kappa shape index (κ2) is 4.60. The average Bonchev–Trinajstić information content (AvgIpc) is 2.97. The van der Waals surface area contributed by atoms with E-state index in [4.69, 9.17) is 23.2 Å². The van der Waals surface area contributed by atoms with Crippen molar-refractivity contribution in [1.82, 2.24) is 0 Å². The van der Waals surface area contributed by atoms with Crippen LogP contribution in [-0.2, 0) is 6.54 Å². The molecule has 4 heteroatoms. The molecule has 0 aliphatic heterocycles. The molecule has 2 rings (SSSR count). The fourth-order valence-electron chi connectivity index (χ4n) is 1.59. The van der Waals surface area contributed by atoms with Crippen LogP contribution < -0.4 is 10.4 Å². The van der Waals surface area contributed by atoms with Gasteiger partial charge in [-0.15, -0.1) is 0 Å². The highest BCUT2D eigenvalue weighted by atomic mass is 35.5. The van der Waals surface area contributed by atoms with E-state index in [9.17, 15) is 5.11 Å². The molecule has 2 nitrogen and oxygen atoms in total. The lowest BCUT2D eigenvalue weighted by molar-refractivity contribution is -0.673. The maximum atomic E-state index is 11.6. The van der Waals surface area contributed by atoms with Gasteiger partial charge in [0, 0.05) is 21.5 Å². The molecule has 1 fully saturated rings. The minimum Gasteiger partial charge on any atom is -0.871 e. The molecule has 1 aliphatic carbocycles. The van der Waals surface area contributed by atoms with Crippen LogP contribution in [-0.4, -0.2) is 6.54 Å². The summed E-state index contributed by atoms with van der Waals surface area (Å²) >= 11 is 11.6. The van der Waals surface area contributed by atoms with E-state index in [1.54, 1.807) is 6.07 Å². The third kappa shape index (κ3) is 3.00. The van der Waals surface area contributed by atoms with E-state index in [-0.39, 0.29) is 10.8 Å². The third-order valence-corrected chi connectivity index (χ3v) is 3.15. The molecule has 1 saturated carbocycles. The van der Waals surface area contributed by atoms with Gasteiger partial charge < -0.3 is 10.4 Å². The molecular weight excluding hydrogens is 233 g/mol. The molecule has 15 heavy (non-hydrogen) atoms. The largest absolute Gasteiger partial charge is 0.871 e. The van der Waals surface area contributed by atoms with Crippen molar-refractivity contribution < 1.29 is 10.4 Å². The minimum absolute atomic E-state index is 0.0897. The van der Waals surface area contributed by atoms with Crippen molar-refractivity contribution in [2.24, 2.45) is 5.92 Å². The number of benzene rings is 1. The zero-order chi connectivity index (χ0) is 10.8. The van der Waals surface area contributed by atoms with Gasteiger partial charge in [-0.25, -0.2) is 0 Å². The fourth-order valence-corrected chi connectivity index (χ4v) is 2.13. The Bertz CT molecular complexity index is 364. The molecule has 0 saturated heterocycles. The highest BCUT2D eigenvalue weighted by Gasteiger charge is 2.22. The first-order valence-corrected chi connectivity index (χ1v) is 5.89. The molecular formula is C11H13Cl2NO. The summed E-state index contributed by atoms with van der Waals surface area (Å²) in [5.74, 6) is 0.767. The first kappa shape index (κ1) is 11.1. The lowest BCUT2D eigenvalue weighted by Gasteiger charge is -2.14. The standard InChI is InChI=1S/C11H13Cl2NO/c12-9-3-8(11(15)10(13)4-9)6-14-5-7-1-2-7/h3-4,7,14-15H,1-2,5-6H2. The zero-order valence-corrected chi connectivity index (χ0v) is 9.81. The van der Waals surface area contributed by atoms with Gasteiger partial charge in [-0.2, -0.15) is 0 Å². The van der Waals surface area contributed by atoms with Crippen molar-refractivity contribution in [3.8, 4) is 5.75 Å². The summed E-state index contributed by atoms with van der Waals surface area (Å²) in [5.41, 5.74) is 0.702. The summed E-state index contributed by atoms with van der Waals surface area (Å²) < 4.78 is 0. The Hall–Kier alpha value is -0.440. The molecule has 0 aromatic heterocycles. The maximum absolute atomic E-state index is 11.6. The van der Waals surface area contributed by atoms with E-state index in [1.165, 1.54) is 18.9 Å². The normalized spacial score (nSPS) is 15.6. The summed E-state index contributed by atoms with van der Waals surface area (Å²) in [6, 6.07) is 3.20. The fraction of sp³-hybridized carbons (Fsp3) is 0.455. The van der Waals surface area contributed by atoms with Crippen LogP contribution in [0.25, 0.3) is 0 Å². The predicted octanol–water partition coefficient (Wildman–Crippen LogP) is 1.54. The Labute approximate surface area is 99.2 Å². The molecule has 1 aliphatic rings. The van der Waals surface area contributed by atoms with E-state index in [2.05, 4.69) is 5.32 Å². The van der Waals surface area contributed by atoms with Crippen molar-refractivity contribution >= 4 is 23.2 Å². The van der Waals surface area contributed by atoms with Crippen LogP contribution in [0.3, 0.4) is 0 Å². The third-order valence-electron chi connectivity index (χ3n) is 2.65. The summed E-state index contributed by atoms with van der Waals surface area (Å²) in [6.45, 7) is 1.78. The van der Waals surface area contributed by atoms with Crippen molar-refractivity contribution in [2.75, 3.05) is 6.54 Å². The van der Waals surface area contributed by atoms with Crippen molar-refractivity contribution in [1.29, 1.82) is 0 Å². The van der Waals surface area contributed by atoms with Gasteiger partial charge in [0.2, 0.25) is 0 Å². The van der Waals surface area contributed by atoms with Gasteiger partial charge >= 0.3 is 0 Å². The van der Waals surface area contributed by atoms with Crippen LogP contribution in [0.1, 0.15) is 18.4 Å². The van der Waals surface area contributed by atoms with Gasteiger partial charge in [-0.05, 0) is 25.0 Å². The summed E-state index contributed by atoms with van der Waals surface area (Å²) in [6.07, 6.45) is 2.66. The lowest BCUT2D eigenvalue weighted by Crippen LogP contribution is -2.83. The second-order valence-corrected chi connectivity index (χ2v) is 4.89. The number of nitrogens with two attached hydrogens (primary N) is 1. The molecule has 2 N–H and O–H groups in total. The predicted molar refractivity (Wildman–Crippen MR) is 59.1 cm³/mol. The van der Waals surface area contributed by atoms with Gasteiger partial charge in [0.15, 0.2) is 0 Å². The molecule has 82 valence electrons.